The van der Waals surface area contributed by atoms with Crippen molar-refractivity contribution in [2.45, 2.75) is 5.16 Å². The van der Waals surface area contributed by atoms with Gasteiger partial charge in [0.15, 0.2) is 11.0 Å². The lowest BCUT2D eigenvalue weighted by Gasteiger charge is -2.05. The van der Waals surface area contributed by atoms with Crippen LogP contribution in [0.2, 0.25) is 5.02 Å². The summed E-state index contributed by atoms with van der Waals surface area (Å²) in [4.78, 5) is 12.1. The Bertz CT molecular complexity index is 1040. The molecule has 7 nitrogen and oxygen atoms in total. The number of nitrogens with zero attached hydrogens (tertiary/aromatic N) is 4. The summed E-state index contributed by atoms with van der Waals surface area (Å²) in [6, 6.07) is 12.9. The third-order valence-electron chi connectivity index (χ3n) is 3.85. The van der Waals surface area contributed by atoms with E-state index in [0.29, 0.717) is 21.8 Å². The van der Waals surface area contributed by atoms with E-state index < -0.39 is 0 Å². The fourth-order valence-corrected chi connectivity index (χ4v) is 3.64. The second kappa shape index (κ2) is 9.91. The first kappa shape index (κ1) is 21.4. The highest BCUT2D eigenvalue weighted by molar-refractivity contribution is 9.10. The molecular formula is C19H17BrClN5O2S. The molecule has 1 amide bonds. The van der Waals surface area contributed by atoms with Gasteiger partial charge in [0.1, 0.15) is 5.75 Å². The number of amides is 1. The van der Waals surface area contributed by atoms with Crippen LogP contribution in [0.25, 0.3) is 11.4 Å². The highest BCUT2D eigenvalue weighted by Gasteiger charge is 2.12. The topological polar surface area (TPSA) is 81.4 Å². The first-order chi connectivity index (χ1) is 14.0. The molecule has 3 rings (SSSR count). The number of nitrogens with one attached hydrogen (secondary N) is 1. The van der Waals surface area contributed by atoms with E-state index in [2.05, 4.69) is 36.7 Å². The van der Waals surface area contributed by atoms with Crippen LogP contribution >= 0.6 is 39.3 Å². The van der Waals surface area contributed by atoms with Gasteiger partial charge in [0.25, 0.3) is 5.91 Å². The Labute approximate surface area is 185 Å². The van der Waals surface area contributed by atoms with Crippen molar-refractivity contribution in [3.05, 3.63) is 57.5 Å². The van der Waals surface area contributed by atoms with Crippen LogP contribution < -0.4 is 10.2 Å². The van der Waals surface area contributed by atoms with Crippen molar-refractivity contribution < 1.29 is 9.53 Å². The molecule has 0 unspecified atom stereocenters. The number of hydrazone groups is 1. The molecule has 0 radical (unpaired) electrons. The third kappa shape index (κ3) is 5.59. The van der Waals surface area contributed by atoms with Gasteiger partial charge < -0.3 is 9.30 Å². The molecule has 0 fully saturated rings. The van der Waals surface area contributed by atoms with Gasteiger partial charge in [0.05, 0.1) is 19.1 Å². The van der Waals surface area contributed by atoms with Gasteiger partial charge in [-0.25, -0.2) is 5.43 Å². The zero-order chi connectivity index (χ0) is 20.8. The Hall–Kier alpha value is -2.36. The zero-order valence-electron chi connectivity index (χ0n) is 15.6. The van der Waals surface area contributed by atoms with Crippen LogP contribution in [0.4, 0.5) is 0 Å². The van der Waals surface area contributed by atoms with Crippen molar-refractivity contribution in [3.8, 4) is 17.1 Å². The summed E-state index contributed by atoms with van der Waals surface area (Å²) in [5.41, 5.74) is 4.15. The lowest BCUT2D eigenvalue weighted by molar-refractivity contribution is -0.118. The van der Waals surface area contributed by atoms with Crippen molar-refractivity contribution >= 4 is 51.4 Å². The molecule has 3 aromatic rings. The molecule has 1 N–H and O–H groups in total. The number of benzene rings is 2. The summed E-state index contributed by atoms with van der Waals surface area (Å²) in [6.07, 6.45) is 1.53. The van der Waals surface area contributed by atoms with Crippen LogP contribution in [0.5, 0.6) is 5.75 Å². The second-order valence-electron chi connectivity index (χ2n) is 5.84. The summed E-state index contributed by atoms with van der Waals surface area (Å²) >= 11 is 10.6. The number of carbonyl (C=O) groups is 1. The molecule has 0 spiro atoms. The number of methoxy groups -OCH3 is 1. The zero-order valence-corrected chi connectivity index (χ0v) is 18.8. The van der Waals surface area contributed by atoms with Gasteiger partial charge in [0.2, 0.25) is 0 Å². The number of hydrogen-bond donors (Lipinski definition) is 1. The molecule has 0 aliphatic heterocycles. The van der Waals surface area contributed by atoms with E-state index >= 15 is 0 Å². The first-order valence-corrected chi connectivity index (χ1v) is 10.6. The SMILES string of the molecule is COc1ccc(Br)cc1/C=N/NC(=O)CSc1nnc(-c2ccc(Cl)cc2)n1C. The minimum atomic E-state index is -0.253. The van der Waals surface area contributed by atoms with Crippen LogP contribution in [0.15, 0.2) is 57.2 Å². The number of hydrogen-bond acceptors (Lipinski definition) is 6. The largest absolute Gasteiger partial charge is 0.496 e. The first-order valence-electron chi connectivity index (χ1n) is 8.41. The smallest absolute Gasteiger partial charge is 0.250 e. The van der Waals surface area contributed by atoms with Gasteiger partial charge in [-0.3, -0.25) is 4.79 Å². The Morgan fingerprint density at radius 2 is 2.07 bits per heavy atom. The molecule has 0 saturated heterocycles. The van der Waals surface area contributed by atoms with Crippen LogP contribution in [-0.2, 0) is 11.8 Å². The van der Waals surface area contributed by atoms with Gasteiger partial charge in [-0.15, -0.1) is 10.2 Å². The van der Waals surface area contributed by atoms with Crippen LogP contribution in [-0.4, -0.2) is 39.7 Å². The maximum atomic E-state index is 12.1. The van der Waals surface area contributed by atoms with E-state index in [1.807, 2.05) is 41.9 Å². The van der Waals surface area contributed by atoms with Gasteiger partial charge in [-0.2, -0.15) is 5.10 Å². The highest BCUT2D eigenvalue weighted by Crippen LogP contribution is 2.24. The summed E-state index contributed by atoms with van der Waals surface area (Å²) in [5, 5.41) is 13.6. The van der Waals surface area contributed by atoms with Crippen molar-refractivity contribution in [2.75, 3.05) is 12.9 Å². The fraction of sp³-hybridized carbons (Fsp3) is 0.158. The quantitative estimate of drug-likeness (QED) is 0.303. The van der Waals surface area contributed by atoms with Crippen LogP contribution in [0, 0.1) is 0 Å². The van der Waals surface area contributed by atoms with Crippen LogP contribution in [0.3, 0.4) is 0 Å². The van der Waals surface area contributed by atoms with Gasteiger partial charge >= 0.3 is 0 Å². The lowest BCUT2D eigenvalue weighted by atomic mass is 10.2. The van der Waals surface area contributed by atoms with E-state index in [0.717, 1.165) is 15.6 Å². The summed E-state index contributed by atoms with van der Waals surface area (Å²) < 4.78 is 7.99. The highest BCUT2D eigenvalue weighted by atomic mass is 79.9. The molecule has 10 heteroatoms. The number of halogens is 2. The number of rotatable bonds is 7. The summed E-state index contributed by atoms with van der Waals surface area (Å²) in [7, 11) is 3.43. The third-order valence-corrected chi connectivity index (χ3v) is 5.62. The Balaban J connectivity index is 1.57. The fourth-order valence-electron chi connectivity index (χ4n) is 2.43. The standard InChI is InChI=1S/C19H17BrClN5O2S/c1-26-18(12-3-6-15(21)7-4-12)24-25-19(26)29-11-17(27)23-22-10-13-9-14(20)5-8-16(13)28-2/h3-10H,11H2,1-2H3,(H,23,27)/b22-10+. The number of aromatic nitrogens is 3. The monoisotopic (exact) mass is 493 g/mol. The summed E-state index contributed by atoms with van der Waals surface area (Å²) in [5.74, 6) is 1.26. The van der Waals surface area contributed by atoms with E-state index in [9.17, 15) is 4.79 Å². The Morgan fingerprint density at radius 3 is 2.79 bits per heavy atom. The van der Waals surface area contributed by atoms with E-state index in [-0.39, 0.29) is 11.7 Å². The molecule has 0 atom stereocenters. The predicted molar refractivity (Wildman–Crippen MR) is 119 cm³/mol. The second-order valence-corrected chi connectivity index (χ2v) is 8.13. The van der Waals surface area contributed by atoms with Crippen molar-refractivity contribution in [1.82, 2.24) is 20.2 Å². The predicted octanol–water partition coefficient (Wildman–Crippen LogP) is 4.15. The van der Waals surface area contributed by atoms with Gasteiger partial charge in [-0.05, 0) is 42.5 Å². The molecule has 0 aliphatic rings. The van der Waals surface area contributed by atoms with Crippen LogP contribution in [0.1, 0.15) is 5.56 Å². The Morgan fingerprint density at radius 1 is 1.31 bits per heavy atom. The molecule has 0 saturated carbocycles. The molecular weight excluding hydrogens is 478 g/mol. The molecule has 150 valence electrons. The minimum absolute atomic E-state index is 0.152. The van der Waals surface area contributed by atoms with E-state index in [4.69, 9.17) is 16.3 Å². The molecule has 1 aromatic heterocycles. The number of thioether (sulfide) groups is 1. The van der Waals surface area contributed by atoms with E-state index in [1.165, 1.54) is 18.0 Å². The molecule has 2 aromatic carbocycles. The molecule has 0 bridgehead atoms. The average Bonchev–Trinajstić information content (AvgIpc) is 3.07. The Kier molecular flexibility index (Phi) is 7.29. The molecule has 0 aliphatic carbocycles. The summed E-state index contributed by atoms with van der Waals surface area (Å²) in [6.45, 7) is 0. The molecule has 29 heavy (non-hydrogen) atoms. The number of ether oxygens (including phenoxy) is 1. The van der Waals surface area contributed by atoms with Crippen molar-refractivity contribution in [3.63, 3.8) is 0 Å². The molecule has 1 heterocycles. The average molecular weight is 495 g/mol. The van der Waals surface area contributed by atoms with Gasteiger partial charge in [-0.1, -0.05) is 39.3 Å². The normalized spacial score (nSPS) is 11.0. The lowest BCUT2D eigenvalue weighted by Crippen LogP contribution is -2.20. The van der Waals surface area contributed by atoms with E-state index in [1.54, 1.807) is 19.2 Å². The van der Waals surface area contributed by atoms with Gasteiger partial charge in [0, 0.05) is 27.7 Å². The maximum Gasteiger partial charge on any atom is 0.250 e. The minimum Gasteiger partial charge on any atom is -0.496 e. The van der Waals surface area contributed by atoms with Crippen molar-refractivity contribution in [1.29, 1.82) is 0 Å². The van der Waals surface area contributed by atoms with Crippen molar-refractivity contribution in [2.24, 2.45) is 12.1 Å². The maximum absolute atomic E-state index is 12.1. The number of carbonyl (C=O) groups excluding carboxylic acids is 1.